The van der Waals surface area contributed by atoms with Crippen molar-refractivity contribution in [3.05, 3.63) is 29.4 Å². The summed E-state index contributed by atoms with van der Waals surface area (Å²) in [6, 6.07) is 1.90. The number of nitrogens with one attached hydrogen (secondary N) is 2. The molecule has 0 aliphatic rings. The normalized spacial score (nSPS) is 10.4. The average Bonchev–Trinajstić information content (AvgIpc) is 2.81. The van der Waals surface area contributed by atoms with Crippen LogP contribution in [0, 0.1) is 6.92 Å². The molecule has 2 heterocycles. The van der Waals surface area contributed by atoms with Gasteiger partial charge in [0.05, 0.1) is 6.54 Å². The Kier molecular flexibility index (Phi) is 3.76. The highest BCUT2D eigenvalue weighted by Crippen LogP contribution is 2.20. The summed E-state index contributed by atoms with van der Waals surface area (Å²) in [7, 11) is 1.85. The minimum absolute atomic E-state index is 0.588. The van der Waals surface area contributed by atoms with Crippen molar-refractivity contribution in [2.24, 2.45) is 0 Å². The summed E-state index contributed by atoms with van der Waals surface area (Å²) in [5, 5.41) is 10.3. The minimum atomic E-state index is 0.588. The predicted molar refractivity (Wildman–Crippen MR) is 69.5 cm³/mol. The molecule has 6 nitrogen and oxygen atoms in total. The van der Waals surface area contributed by atoms with Crippen LogP contribution in [0.1, 0.15) is 23.9 Å². The Hall–Kier alpha value is -2.11. The molecule has 0 aliphatic heterocycles. The highest BCUT2D eigenvalue weighted by atomic mass is 16.5. The molecule has 2 aromatic heterocycles. The van der Waals surface area contributed by atoms with E-state index < -0.39 is 0 Å². The second-order valence-electron chi connectivity index (χ2n) is 3.94. The van der Waals surface area contributed by atoms with E-state index in [4.69, 9.17) is 4.52 Å². The maximum absolute atomic E-state index is 5.02. The largest absolute Gasteiger partial charge is 0.373 e. The summed E-state index contributed by atoms with van der Waals surface area (Å²) in [4.78, 5) is 8.45. The van der Waals surface area contributed by atoms with E-state index in [9.17, 15) is 0 Å². The highest BCUT2D eigenvalue weighted by molar-refractivity contribution is 5.57. The lowest BCUT2D eigenvalue weighted by molar-refractivity contribution is 0.391. The van der Waals surface area contributed by atoms with Gasteiger partial charge in [-0.1, -0.05) is 12.1 Å². The number of anilines is 2. The first-order valence-electron chi connectivity index (χ1n) is 5.92. The van der Waals surface area contributed by atoms with Gasteiger partial charge in [0.25, 0.3) is 0 Å². The highest BCUT2D eigenvalue weighted by Gasteiger charge is 2.09. The number of rotatable bonds is 5. The smallest absolute Gasteiger partial charge is 0.135 e. The fourth-order valence-corrected chi connectivity index (χ4v) is 1.79. The lowest BCUT2D eigenvalue weighted by atomic mass is 10.2. The maximum Gasteiger partial charge on any atom is 0.135 e. The minimum Gasteiger partial charge on any atom is -0.373 e. The lowest BCUT2D eigenvalue weighted by Gasteiger charge is -2.11. The second-order valence-corrected chi connectivity index (χ2v) is 3.94. The van der Waals surface area contributed by atoms with E-state index in [-0.39, 0.29) is 0 Å². The molecular weight excluding hydrogens is 230 g/mol. The monoisotopic (exact) mass is 247 g/mol. The molecule has 0 aromatic carbocycles. The molecule has 18 heavy (non-hydrogen) atoms. The van der Waals surface area contributed by atoms with Crippen LogP contribution >= 0.6 is 0 Å². The number of hydrogen-bond donors (Lipinski definition) is 2. The van der Waals surface area contributed by atoms with Crippen LogP contribution in [0.15, 0.2) is 16.9 Å². The van der Waals surface area contributed by atoms with Crippen molar-refractivity contribution in [1.82, 2.24) is 15.1 Å². The van der Waals surface area contributed by atoms with Crippen molar-refractivity contribution >= 4 is 11.6 Å². The molecule has 2 N–H and O–H groups in total. The van der Waals surface area contributed by atoms with Crippen molar-refractivity contribution in [2.45, 2.75) is 26.8 Å². The fourth-order valence-electron chi connectivity index (χ4n) is 1.79. The first kappa shape index (κ1) is 12.3. The van der Waals surface area contributed by atoms with E-state index >= 15 is 0 Å². The maximum atomic E-state index is 5.02. The second kappa shape index (κ2) is 5.48. The number of hydrogen-bond acceptors (Lipinski definition) is 6. The molecule has 2 rings (SSSR count). The van der Waals surface area contributed by atoms with Gasteiger partial charge in [0.2, 0.25) is 0 Å². The van der Waals surface area contributed by atoms with Crippen molar-refractivity contribution < 1.29 is 4.52 Å². The van der Waals surface area contributed by atoms with Gasteiger partial charge in [-0.3, -0.25) is 0 Å². The lowest BCUT2D eigenvalue weighted by Crippen LogP contribution is -2.08. The Morgan fingerprint density at radius 3 is 2.67 bits per heavy atom. The Labute approximate surface area is 106 Å². The molecule has 0 radical (unpaired) electrons. The van der Waals surface area contributed by atoms with Gasteiger partial charge < -0.3 is 15.2 Å². The summed E-state index contributed by atoms with van der Waals surface area (Å²) < 4.78 is 5.02. The van der Waals surface area contributed by atoms with E-state index in [0.717, 1.165) is 35.1 Å². The van der Waals surface area contributed by atoms with E-state index in [2.05, 4.69) is 32.7 Å². The summed E-state index contributed by atoms with van der Waals surface area (Å²) in [6.07, 6.45) is 2.40. The van der Waals surface area contributed by atoms with Crippen LogP contribution < -0.4 is 10.6 Å². The number of aromatic nitrogens is 3. The quantitative estimate of drug-likeness (QED) is 0.841. The molecule has 0 atom stereocenters. The Morgan fingerprint density at radius 1 is 1.28 bits per heavy atom. The predicted octanol–water partition coefficient (Wildman–Crippen LogP) is 1.99. The van der Waals surface area contributed by atoms with Crippen LogP contribution in [0.25, 0.3) is 0 Å². The first-order chi connectivity index (χ1) is 8.74. The van der Waals surface area contributed by atoms with Crippen LogP contribution in [0.3, 0.4) is 0 Å². The third-order valence-electron chi connectivity index (χ3n) is 2.65. The van der Waals surface area contributed by atoms with Gasteiger partial charge in [0, 0.05) is 18.7 Å². The molecule has 0 fully saturated rings. The van der Waals surface area contributed by atoms with Gasteiger partial charge in [-0.05, 0) is 13.3 Å². The molecule has 6 heteroatoms. The molecule has 96 valence electrons. The number of aryl methyl sites for hydroxylation is 1. The average molecular weight is 247 g/mol. The molecule has 0 saturated carbocycles. The Bertz CT molecular complexity index is 523. The van der Waals surface area contributed by atoms with Crippen LogP contribution in [0.2, 0.25) is 0 Å². The molecule has 0 saturated heterocycles. The Balaban J connectivity index is 2.13. The van der Waals surface area contributed by atoms with Crippen LogP contribution in [0.5, 0.6) is 0 Å². The molecule has 0 unspecified atom stereocenters. The van der Waals surface area contributed by atoms with Crippen molar-refractivity contribution in [3.63, 3.8) is 0 Å². The Morgan fingerprint density at radius 2 is 2.06 bits per heavy atom. The summed E-state index contributed by atoms with van der Waals surface area (Å²) in [5.41, 5.74) is 1.93. The zero-order chi connectivity index (χ0) is 13.0. The molecular formula is C12H17N5O. The third kappa shape index (κ3) is 2.58. The summed E-state index contributed by atoms with van der Waals surface area (Å²) in [6.45, 7) is 4.53. The molecule has 0 amide bonds. The van der Waals surface area contributed by atoms with E-state index in [0.29, 0.717) is 6.54 Å². The third-order valence-corrected chi connectivity index (χ3v) is 2.65. The standard InChI is InChI=1S/C12H17N5O/c1-4-10-11(13-3)15-7-16-12(10)14-6-9-5-8(2)18-17-9/h5,7H,4,6H2,1-3H3,(H2,13,14,15,16). The van der Waals surface area contributed by atoms with Crippen molar-refractivity contribution in [1.29, 1.82) is 0 Å². The van der Waals surface area contributed by atoms with Gasteiger partial charge >= 0.3 is 0 Å². The molecule has 0 spiro atoms. The van der Waals surface area contributed by atoms with E-state index in [1.165, 1.54) is 0 Å². The fraction of sp³-hybridized carbons (Fsp3) is 0.417. The summed E-state index contributed by atoms with van der Waals surface area (Å²) >= 11 is 0. The number of nitrogens with zero attached hydrogens (tertiary/aromatic N) is 3. The SMILES string of the molecule is CCc1c(NC)ncnc1NCc1cc(C)on1. The van der Waals surface area contributed by atoms with Gasteiger partial charge in [0.15, 0.2) is 0 Å². The topological polar surface area (TPSA) is 75.9 Å². The first-order valence-corrected chi connectivity index (χ1v) is 5.92. The molecule has 0 aliphatic carbocycles. The van der Waals surface area contributed by atoms with Gasteiger partial charge in [-0.25, -0.2) is 9.97 Å². The molecule has 0 bridgehead atoms. The zero-order valence-electron chi connectivity index (χ0n) is 10.8. The van der Waals surface area contributed by atoms with Crippen molar-refractivity contribution in [3.8, 4) is 0 Å². The zero-order valence-corrected chi connectivity index (χ0v) is 10.8. The van der Waals surface area contributed by atoms with Crippen molar-refractivity contribution in [2.75, 3.05) is 17.7 Å². The molecule has 2 aromatic rings. The van der Waals surface area contributed by atoms with Gasteiger partial charge in [0.1, 0.15) is 29.4 Å². The van der Waals surface area contributed by atoms with Crippen LogP contribution in [0.4, 0.5) is 11.6 Å². The van der Waals surface area contributed by atoms with Crippen LogP contribution in [-0.2, 0) is 13.0 Å². The summed E-state index contributed by atoms with van der Waals surface area (Å²) in [5.74, 6) is 2.49. The van der Waals surface area contributed by atoms with E-state index in [1.54, 1.807) is 6.33 Å². The van der Waals surface area contributed by atoms with Gasteiger partial charge in [-0.2, -0.15) is 0 Å². The van der Waals surface area contributed by atoms with Gasteiger partial charge in [-0.15, -0.1) is 0 Å². The van der Waals surface area contributed by atoms with Crippen LogP contribution in [-0.4, -0.2) is 22.2 Å². The van der Waals surface area contributed by atoms with E-state index in [1.807, 2.05) is 20.0 Å².